The molecule has 2 N–H and O–H groups in total. The van der Waals surface area contributed by atoms with E-state index in [9.17, 15) is 18.0 Å². The van der Waals surface area contributed by atoms with Gasteiger partial charge in [0.25, 0.3) is 11.9 Å². The number of hydroxylamine groups is 1. The van der Waals surface area contributed by atoms with Crippen molar-refractivity contribution in [2.24, 2.45) is 5.92 Å². The Morgan fingerprint density at radius 2 is 2.14 bits per heavy atom. The van der Waals surface area contributed by atoms with Crippen LogP contribution in [-0.2, 0) is 24.9 Å². The summed E-state index contributed by atoms with van der Waals surface area (Å²) in [4.78, 5) is 18.2. The van der Waals surface area contributed by atoms with E-state index in [4.69, 9.17) is 9.62 Å². The Bertz CT molecular complexity index is 936. The van der Waals surface area contributed by atoms with Gasteiger partial charge in [-0.05, 0) is 37.5 Å². The zero-order valence-corrected chi connectivity index (χ0v) is 15.4. The Kier molecular flexibility index (Phi) is 4.18. The van der Waals surface area contributed by atoms with Crippen molar-refractivity contribution >= 4 is 11.9 Å². The fourth-order valence-electron chi connectivity index (χ4n) is 4.17. The summed E-state index contributed by atoms with van der Waals surface area (Å²) < 4.78 is 45.1. The topological polar surface area (TPSA) is 78.6 Å². The van der Waals surface area contributed by atoms with Crippen LogP contribution in [0.1, 0.15) is 53.2 Å². The first-order valence-corrected chi connectivity index (χ1v) is 9.02. The van der Waals surface area contributed by atoms with Gasteiger partial charge in [0.1, 0.15) is 5.76 Å². The largest absolute Gasteiger partial charge is 0.428 e. The second kappa shape index (κ2) is 6.23. The van der Waals surface area contributed by atoms with Crippen LogP contribution < -0.4 is 10.4 Å². The van der Waals surface area contributed by atoms with Crippen LogP contribution in [0, 0.1) is 5.92 Å². The van der Waals surface area contributed by atoms with Gasteiger partial charge in [0.2, 0.25) is 0 Å². The second-order valence-electron chi connectivity index (χ2n) is 7.77. The predicted molar refractivity (Wildman–Crippen MR) is 93.0 cm³/mol. The van der Waals surface area contributed by atoms with Crippen LogP contribution in [0.4, 0.5) is 19.2 Å². The Labute approximate surface area is 159 Å². The zero-order chi connectivity index (χ0) is 20.3. The summed E-state index contributed by atoms with van der Waals surface area (Å²) in [5.74, 6) is -1.52. The molecule has 4 rings (SSSR count). The van der Waals surface area contributed by atoms with Gasteiger partial charge >= 0.3 is 6.18 Å². The summed E-state index contributed by atoms with van der Waals surface area (Å²) in [5, 5.41) is 9.00. The van der Waals surface area contributed by atoms with E-state index in [2.05, 4.69) is 4.98 Å². The molecule has 1 atom stereocenters. The number of hydrogen-bond donors (Lipinski definition) is 2. The van der Waals surface area contributed by atoms with Gasteiger partial charge in [-0.2, -0.15) is 18.2 Å². The average molecular weight is 395 g/mol. The summed E-state index contributed by atoms with van der Waals surface area (Å²) in [6.07, 6.45) is -4.23. The normalized spacial score (nSPS) is 20.6. The summed E-state index contributed by atoms with van der Waals surface area (Å²) >= 11 is 0. The van der Waals surface area contributed by atoms with E-state index in [0.717, 1.165) is 11.1 Å². The first kappa shape index (κ1) is 18.8. The maximum absolute atomic E-state index is 13.1. The molecule has 2 aliphatic rings. The minimum atomic E-state index is -4.24. The Hall–Kier alpha value is -2.55. The molecule has 0 bridgehead atoms. The van der Waals surface area contributed by atoms with Gasteiger partial charge in [0.05, 0.1) is 17.2 Å². The highest BCUT2D eigenvalue weighted by molar-refractivity contribution is 5.95. The number of nitrogens with one attached hydrogen (secondary N) is 1. The number of benzene rings is 1. The zero-order valence-electron chi connectivity index (χ0n) is 15.4. The Balaban J connectivity index is 1.68. The van der Waals surface area contributed by atoms with Crippen LogP contribution in [0.3, 0.4) is 0 Å². The van der Waals surface area contributed by atoms with Gasteiger partial charge in [0, 0.05) is 24.9 Å². The first-order chi connectivity index (χ1) is 13.1. The molecule has 2 aromatic rings. The molecule has 9 heteroatoms. The molecule has 1 aliphatic carbocycles. The summed E-state index contributed by atoms with van der Waals surface area (Å²) in [7, 11) is 0. The molecule has 28 heavy (non-hydrogen) atoms. The van der Waals surface area contributed by atoms with Crippen LogP contribution in [-0.4, -0.2) is 22.3 Å². The maximum atomic E-state index is 13.1. The number of aryl methyl sites for hydroxylation is 1. The van der Waals surface area contributed by atoms with Gasteiger partial charge in [-0.25, -0.2) is 5.48 Å². The Morgan fingerprint density at radius 3 is 2.82 bits per heavy atom. The SMILES string of the molecule is CC1(C)c2cccc(C(=O)NO)c2CN1c1nc2c(o1)CCC(C(F)(F)F)C2. The number of halogens is 3. The van der Waals surface area contributed by atoms with E-state index in [-0.39, 0.29) is 25.3 Å². The van der Waals surface area contributed by atoms with Crippen LogP contribution >= 0.6 is 0 Å². The number of carbonyl (C=O) groups excluding carboxylic acids is 1. The molecule has 1 aromatic heterocycles. The summed E-state index contributed by atoms with van der Waals surface area (Å²) in [6, 6.07) is 5.47. The van der Waals surface area contributed by atoms with Crippen molar-refractivity contribution < 1.29 is 27.6 Å². The number of anilines is 1. The Morgan fingerprint density at radius 1 is 1.39 bits per heavy atom. The van der Waals surface area contributed by atoms with E-state index in [0.29, 0.717) is 23.6 Å². The van der Waals surface area contributed by atoms with E-state index in [1.165, 1.54) is 0 Å². The minimum absolute atomic E-state index is 0.00439. The number of aromatic nitrogens is 1. The lowest BCUT2D eigenvalue weighted by atomic mass is 9.90. The minimum Gasteiger partial charge on any atom is -0.428 e. The van der Waals surface area contributed by atoms with Crippen molar-refractivity contribution in [2.45, 2.75) is 51.4 Å². The first-order valence-electron chi connectivity index (χ1n) is 9.02. The summed E-state index contributed by atoms with van der Waals surface area (Å²) in [5.41, 5.74) is 3.35. The van der Waals surface area contributed by atoms with Crippen molar-refractivity contribution in [1.82, 2.24) is 10.5 Å². The third-order valence-corrected chi connectivity index (χ3v) is 5.79. The smallest absolute Gasteiger partial charge is 0.392 e. The quantitative estimate of drug-likeness (QED) is 0.599. The molecule has 0 saturated heterocycles. The number of alkyl halides is 3. The third-order valence-electron chi connectivity index (χ3n) is 5.79. The lowest BCUT2D eigenvalue weighted by Gasteiger charge is -2.31. The van der Waals surface area contributed by atoms with Gasteiger partial charge in [0.15, 0.2) is 0 Å². The maximum Gasteiger partial charge on any atom is 0.392 e. The molecule has 6 nitrogen and oxygen atoms in total. The molecular formula is C19H20F3N3O3. The highest BCUT2D eigenvalue weighted by atomic mass is 19.4. The highest BCUT2D eigenvalue weighted by Crippen LogP contribution is 2.44. The standard InChI is InChI=1S/C19H20F3N3O3/c1-18(2)13-5-3-4-11(16(26)24-27)12(13)9-25(18)17-23-14-8-10(19(20,21)22)6-7-15(14)28-17/h3-5,10,27H,6-9H2,1-2H3,(H,24,26). The molecule has 1 aliphatic heterocycles. The van der Waals surface area contributed by atoms with Crippen LogP contribution in [0.25, 0.3) is 0 Å². The molecule has 2 heterocycles. The number of amides is 1. The molecule has 1 amide bonds. The van der Waals surface area contributed by atoms with Crippen LogP contribution in [0.2, 0.25) is 0 Å². The molecule has 0 fully saturated rings. The monoisotopic (exact) mass is 395 g/mol. The van der Waals surface area contributed by atoms with Gasteiger partial charge in [-0.15, -0.1) is 0 Å². The number of rotatable bonds is 2. The number of hydrogen-bond acceptors (Lipinski definition) is 5. The summed E-state index contributed by atoms with van der Waals surface area (Å²) in [6.45, 7) is 4.16. The fraction of sp³-hybridized carbons (Fsp3) is 0.474. The number of carbonyl (C=O) groups is 1. The van der Waals surface area contributed by atoms with E-state index in [1.807, 2.05) is 24.8 Å². The lowest BCUT2D eigenvalue weighted by Crippen LogP contribution is -2.35. The van der Waals surface area contributed by atoms with Crippen molar-refractivity contribution in [3.63, 3.8) is 0 Å². The van der Waals surface area contributed by atoms with E-state index in [1.54, 1.807) is 17.6 Å². The van der Waals surface area contributed by atoms with Crippen molar-refractivity contribution in [2.75, 3.05) is 4.90 Å². The molecule has 1 aromatic carbocycles. The highest BCUT2D eigenvalue weighted by Gasteiger charge is 2.45. The number of fused-ring (bicyclic) bond motifs is 2. The fourth-order valence-corrected chi connectivity index (χ4v) is 4.17. The van der Waals surface area contributed by atoms with Gasteiger partial charge < -0.3 is 9.32 Å². The molecule has 0 spiro atoms. The third kappa shape index (κ3) is 2.85. The second-order valence-corrected chi connectivity index (χ2v) is 7.77. The van der Waals surface area contributed by atoms with Crippen molar-refractivity contribution in [3.8, 4) is 0 Å². The van der Waals surface area contributed by atoms with Crippen LogP contribution in [0.15, 0.2) is 22.6 Å². The van der Waals surface area contributed by atoms with Crippen LogP contribution in [0.5, 0.6) is 0 Å². The van der Waals surface area contributed by atoms with Gasteiger partial charge in [-0.1, -0.05) is 12.1 Å². The molecular weight excluding hydrogens is 375 g/mol. The predicted octanol–water partition coefficient (Wildman–Crippen LogP) is 3.72. The van der Waals surface area contributed by atoms with Crippen molar-refractivity contribution in [3.05, 3.63) is 46.3 Å². The number of oxazole rings is 1. The lowest BCUT2D eigenvalue weighted by molar-refractivity contribution is -0.177. The molecule has 0 saturated carbocycles. The van der Waals surface area contributed by atoms with Gasteiger partial charge in [-0.3, -0.25) is 10.0 Å². The van der Waals surface area contributed by atoms with E-state index >= 15 is 0 Å². The molecule has 1 unspecified atom stereocenters. The average Bonchev–Trinajstić information content (AvgIpc) is 3.17. The van der Waals surface area contributed by atoms with E-state index < -0.39 is 23.5 Å². The molecule has 150 valence electrons. The van der Waals surface area contributed by atoms with Crippen molar-refractivity contribution in [1.29, 1.82) is 0 Å². The molecule has 0 radical (unpaired) electrons. The number of nitrogens with zero attached hydrogens (tertiary/aromatic N) is 2.